The number of carbonyl (C=O) groups is 1. The van der Waals surface area contributed by atoms with Crippen LogP contribution in [0.3, 0.4) is 0 Å². The summed E-state index contributed by atoms with van der Waals surface area (Å²) < 4.78 is 39.5. The first-order valence-electron chi connectivity index (χ1n) is 5.36. The predicted molar refractivity (Wildman–Crippen MR) is 69.1 cm³/mol. The molecule has 0 unspecified atom stereocenters. The van der Waals surface area contributed by atoms with Crippen molar-refractivity contribution in [2.75, 3.05) is 0 Å². The largest absolute Gasteiger partial charge is 0.327 e. The van der Waals surface area contributed by atoms with Crippen LogP contribution in [0.2, 0.25) is 0 Å². The number of halogens is 4. The standard InChI is InChI=1S/C14H8BrF3O/c15-14(17,18)12-4-2-1-3-11(12)13(19)9-5-7-10(16)8-6-9/h1-8H. The lowest BCUT2D eigenvalue weighted by Crippen LogP contribution is -2.12. The number of hydrogen-bond acceptors (Lipinski definition) is 1. The van der Waals surface area contributed by atoms with Gasteiger partial charge in [-0.05, 0) is 40.2 Å². The van der Waals surface area contributed by atoms with Crippen LogP contribution in [0.4, 0.5) is 13.2 Å². The minimum absolute atomic E-state index is 0.115. The zero-order valence-electron chi connectivity index (χ0n) is 9.54. The van der Waals surface area contributed by atoms with Crippen LogP contribution in [0.5, 0.6) is 0 Å². The maximum atomic E-state index is 13.4. The number of hydrogen-bond donors (Lipinski definition) is 0. The van der Waals surface area contributed by atoms with E-state index >= 15 is 0 Å². The molecule has 2 rings (SSSR count). The van der Waals surface area contributed by atoms with Gasteiger partial charge in [-0.15, -0.1) is 0 Å². The van der Waals surface area contributed by atoms with Crippen molar-refractivity contribution in [3.05, 3.63) is 71.0 Å². The first kappa shape index (κ1) is 13.8. The maximum Gasteiger partial charge on any atom is 0.327 e. The second-order valence-electron chi connectivity index (χ2n) is 3.88. The molecule has 0 aliphatic heterocycles. The third-order valence-corrected chi connectivity index (χ3v) is 3.01. The van der Waals surface area contributed by atoms with Crippen molar-refractivity contribution >= 4 is 21.7 Å². The first-order valence-corrected chi connectivity index (χ1v) is 6.15. The highest BCUT2D eigenvalue weighted by Crippen LogP contribution is 2.37. The van der Waals surface area contributed by atoms with Gasteiger partial charge in [-0.2, -0.15) is 8.78 Å². The Morgan fingerprint density at radius 1 is 1.00 bits per heavy atom. The van der Waals surface area contributed by atoms with E-state index in [0.29, 0.717) is 0 Å². The van der Waals surface area contributed by atoms with Crippen molar-refractivity contribution < 1.29 is 18.0 Å². The quantitative estimate of drug-likeness (QED) is 0.598. The summed E-state index contributed by atoms with van der Waals surface area (Å²) in [6, 6.07) is 10.2. The molecule has 19 heavy (non-hydrogen) atoms. The van der Waals surface area contributed by atoms with Crippen LogP contribution in [0, 0.1) is 5.82 Å². The van der Waals surface area contributed by atoms with Gasteiger partial charge < -0.3 is 0 Å². The molecule has 2 aromatic rings. The van der Waals surface area contributed by atoms with Gasteiger partial charge in [0.2, 0.25) is 0 Å². The Labute approximate surface area is 116 Å². The Morgan fingerprint density at radius 2 is 1.58 bits per heavy atom. The molecule has 0 atom stereocenters. The third kappa shape index (κ3) is 3.04. The van der Waals surface area contributed by atoms with Gasteiger partial charge in [0.15, 0.2) is 5.78 Å². The molecule has 1 nitrogen and oxygen atoms in total. The van der Waals surface area contributed by atoms with Gasteiger partial charge in [0.1, 0.15) is 5.82 Å². The van der Waals surface area contributed by atoms with E-state index < -0.39 is 22.0 Å². The van der Waals surface area contributed by atoms with Crippen molar-refractivity contribution in [3.63, 3.8) is 0 Å². The lowest BCUT2D eigenvalue weighted by molar-refractivity contribution is 0.0987. The monoisotopic (exact) mass is 328 g/mol. The summed E-state index contributed by atoms with van der Waals surface area (Å²) in [5, 5.41) is 0. The minimum Gasteiger partial charge on any atom is -0.289 e. The molecule has 0 aliphatic rings. The van der Waals surface area contributed by atoms with Crippen LogP contribution in [0.25, 0.3) is 0 Å². The third-order valence-electron chi connectivity index (χ3n) is 2.58. The van der Waals surface area contributed by atoms with E-state index in [9.17, 15) is 18.0 Å². The molecule has 5 heteroatoms. The van der Waals surface area contributed by atoms with Crippen LogP contribution in [0.1, 0.15) is 21.5 Å². The minimum atomic E-state index is -3.29. The van der Waals surface area contributed by atoms with Gasteiger partial charge in [0.25, 0.3) is 0 Å². The number of rotatable bonds is 3. The summed E-state index contributed by atoms with van der Waals surface area (Å²) in [7, 11) is 0. The van der Waals surface area contributed by atoms with Crippen molar-refractivity contribution in [1.29, 1.82) is 0 Å². The average Bonchev–Trinajstić information content (AvgIpc) is 2.38. The maximum absolute atomic E-state index is 13.4. The smallest absolute Gasteiger partial charge is 0.289 e. The molecule has 0 aromatic heterocycles. The Bertz CT molecular complexity index is 603. The number of ketones is 1. The summed E-state index contributed by atoms with van der Waals surface area (Å²) in [5.74, 6) is -1.06. The van der Waals surface area contributed by atoms with Gasteiger partial charge in [-0.3, -0.25) is 4.79 Å². The summed E-state index contributed by atoms with van der Waals surface area (Å²) in [6.07, 6.45) is 0. The summed E-state index contributed by atoms with van der Waals surface area (Å²) in [4.78, 5) is 8.86. The summed E-state index contributed by atoms with van der Waals surface area (Å²) in [6.45, 7) is 0. The Kier molecular flexibility index (Phi) is 3.75. The molecule has 0 aliphatic carbocycles. The Balaban J connectivity index is 2.48. The highest BCUT2D eigenvalue weighted by molar-refractivity contribution is 9.09. The fourth-order valence-corrected chi connectivity index (χ4v) is 2.03. The van der Waals surface area contributed by atoms with E-state index in [2.05, 4.69) is 15.9 Å². The molecule has 0 fully saturated rings. The van der Waals surface area contributed by atoms with Crippen LogP contribution in [-0.4, -0.2) is 5.78 Å². The van der Waals surface area contributed by atoms with Crippen molar-refractivity contribution in [1.82, 2.24) is 0 Å². The van der Waals surface area contributed by atoms with Gasteiger partial charge in [0.05, 0.1) is 0 Å². The highest BCUT2D eigenvalue weighted by Gasteiger charge is 2.31. The van der Waals surface area contributed by atoms with E-state index in [1.807, 2.05) is 0 Å². The molecule has 0 heterocycles. The SMILES string of the molecule is O=C(c1ccc(F)cc1)c1ccccc1C(F)(F)Br. The van der Waals surface area contributed by atoms with Crippen LogP contribution in [0.15, 0.2) is 48.5 Å². The second-order valence-corrected chi connectivity index (χ2v) is 4.88. The molecule has 0 spiro atoms. The molecule has 2 aromatic carbocycles. The van der Waals surface area contributed by atoms with E-state index in [1.54, 1.807) is 0 Å². The molecular weight excluding hydrogens is 321 g/mol. The van der Waals surface area contributed by atoms with Crippen LogP contribution < -0.4 is 0 Å². The van der Waals surface area contributed by atoms with E-state index in [4.69, 9.17) is 0 Å². The van der Waals surface area contributed by atoms with Crippen molar-refractivity contribution in [2.45, 2.75) is 4.83 Å². The predicted octanol–water partition coefficient (Wildman–Crippen LogP) is 4.50. The highest BCUT2D eigenvalue weighted by atomic mass is 79.9. The zero-order chi connectivity index (χ0) is 14.0. The van der Waals surface area contributed by atoms with Gasteiger partial charge in [-0.25, -0.2) is 4.39 Å². The molecule has 0 bridgehead atoms. The summed E-state index contributed by atoms with van der Waals surface area (Å²) in [5.41, 5.74) is -0.370. The fraction of sp³-hybridized carbons (Fsp3) is 0.0714. The zero-order valence-corrected chi connectivity index (χ0v) is 11.1. The topological polar surface area (TPSA) is 17.1 Å². The Hall–Kier alpha value is -1.62. The van der Waals surface area contributed by atoms with Crippen molar-refractivity contribution in [3.8, 4) is 0 Å². The number of carbonyl (C=O) groups excluding carboxylic acids is 1. The molecule has 0 amide bonds. The first-order chi connectivity index (χ1) is 8.89. The van der Waals surface area contributed by atoms with E-state index in [0.717, 1.165) is 12.1 Å². The number of benzene rings is 2. The van der Waals surface area contributed by atoms with Gasteiger partial charge >= 0.3 is 4.83 Å². The lowest BCUT2D eigenvalue weighted by atomic mass is 9.98. The van der Waals surface area contributed by atoms with E-state index in [-0.39, 0.29) is 11.1 Å². The van der Waals surface area contributed by atoms with Gasteiger partial charge in [-0.1, -0.05) is 24.3 Å². The molecule has 0 radical (unpaired) electrons. The molecule has 0 saturated carbocycles. The molecule has 98 valence electrons. The number of alkyl halides is 3. The summed E-state index contributed by atoms with van der Waals surface area (Å²) >= 11 is 2.24. The normalized spacial score (nSPS) is 11.4. The molecular formula is C14H8BrF3O. The van der Waals surface area contributed by atoms with Crippen LogP contribution >= 0.6 is 15.9 Å². The van der Waals surface area contributed by atoms with Crippen molar-refractivity contribution in [2.24, 2.45) is 0 Å². The second kappa shape index (κ2) is 5.17. The average molecular weight is 329 g/mol. The van der Waals surface area contributed by atoms with Gasteiger partial charge in [0, 0.05) is 16.7 Å². The molecule has 0 saturated heterocycles. The Morgan fingerprint density at radius 3 is 2.16 bits per heavy atom. The molecule has 0 N–H and O–H groups in total. The van der Waals surface area contributed by atoms with E-state index in [1.165, 1.54) is 36.4 Å². The van der Waals surface area contributed by atoms with Crippen LogP contribution in [-0.2, 0) is 4.83 Å². The lowest BCUT2D eigenvalue weighted by Gasteiger charge is -2.13. The fourth-order valence-electron chi connectivity index (χ4n) is 1.69.